The van der Waals surface area contributed by atoms with Crippen LogP contribution in [0.3, 0.4) is 0 Å². The van der Waals surface area contributed by atoms with Crippen LogP contribution in [0, 0.1) is 11.8 Å². The molecular formula is C28H32O6. The molecule has 2 aromatic carbocycles. The quantitative estimate of drug-likeness (QED) is 0.171. The first-order valence-corrected chi connectivity index (χ1v) is 11.9. The fourth-order valence-corrected chi connectivity index (χ4v) is 4.16. The first kappa shape index (κ1) is 25.2. The second kappa shape index (κ2) is 12.7. The van der Waals surface area contributed by atoms with Crippen LogP contribution in [0.2, 0.25) is 0 Å². The maximum Gasteiger partial charge on any atom is 0.343 e. The fraction of sp³-hybridized carbons (Fsp3) is 0.393. The molecular weight excluding hydrogens is 432 g/mol. The topological polar surface area (TPSA) is 78.9 Å². The lowest BCUT2D eigenvalue weighted by Gasteiger charge is -2.27. The van der Waals surface area contributed by atoms with Gasteiger partial charge in [0, 0.05) is 0 Å². The van der Waals surface area contributed by atoms with Gasteiger partial charge in [0.25, 0.3) is 0 Å². The first-order valence-electron chi connectivity index (χ1n) is 11.9. The van der Waals surface area contributed by atoms with Crippen LogP contribution < -0.4 is 14.2 Å². The van der Waals surface area contributed by atoms with E-state index in [-0.39, 0.29) is 28.9 Å². The average Bonchev–Trinajstić information content (AvgIpc) is 2.87. The van der Waals surface area contributed by atoms with Gasteiger partial charge in [-0.25, -0.2) is 4.79 Å². The number of carbonyl (C=O) groups is 3. The summed E-state index contributed by atoms with van der Waals surface area (Å²) in [5.41, 5.74) is 0.445. The summed E-state index contributed by atoms with van der Waals surface area (Å²) >= 11 is 0. The molecule has 0 aliphatic heterocycles. The summed E-state index contributed by atoms with van der Waals surface area (Å²) in [5.74, 6) is 0.679. The number of aldehydes is 1. The summed E-state index contributed by atoms with van der Waals surface area (Å²) in [5, 5.41) is 0. The van der Waals surface area contributed by atoms with E-state index >= 15 is 0 Å². The van der Waals surface area contributed by atoms with E-state index < -0.39 is 5.97 Å². The zero-order valence-corrected chi connectivity index (χ0v) is 19.7. The van der Waals surface area contributed by atoms with Crippen molar-refractivity contribution < 1.29 is 28.6 Å². The van der Waals surface area contributed by atoms with Crippen molar-refractivity contribution in [2.24, 2.45) is 11.8 Å². The molecule has 0 radical (unpaired) electrons. The fourth-order valence-electron chi connectivity index (χ4n) is 4.16. The van der Waals surface area contributed by atoms with Gasteiger partial charge in [0.1, 0.15) is 23.9 Å². The van der Waals surface area contributed by atoms with Crippen molar-refractivity contribution in [3.8, 4) is 17.2 Å². The summed E-state index contributed by atoms with van der Waals surface area (Å²) in [6.07, 6.45) is 9.64. The number of esters is 2. The monoisotopic (exact) mass is 464 g/mol. The van der Waals surface area contributed by atoms with Crippen LogP contribution in [0.5, 0.6) is 17.2 Å². The number of carbonyl (C=O) groups excluding carboxylic acids is 3. The number of hydrogen-bond donors (Lipinski definition) is 0. The van der Waals surface area contributed by atoms with Gasteiger partial charge in [-0.2, -0.15) is 0 Å². The third kappa shape index (κ3) is 7.04. The van der Waals surface area contributed by atoms with E-state index in [1.165, 1.54) is 37.5 Å². The standard InChI is InChI=1S/C28H32O6/c1-3-5-6-20-7-9-21(10-8-20)27(30)33-25-15-16-26(23(18-25)19-29)34-28(31)22-11-13-24(14-12-22)32-17-4-2/h4,11-16,18-21H,2-3,5-10,17H2,1H3. The largest absolute Gasteiger partial charge is 0.490 e. The normalized spacial score (nSPS) is 17.4. The Balaban J connectivity index is 1.57. The van der Waals surface area contributed by atoms with Crippen molar-refractivity contribution in [2.75, 3.05) is 6.61 Å². The second-order valence-corrected chi connectivity index (χ2v) is 8.61. The summed E-state index contributed by atoms with van der Waals surface area (Å²) in [6, 6.07) is 10.9. The molecule has 0 aromatic heterocycles. The summed E-state index contributed by atoms with van der Waals surface area (Å²) in [7, 11) is 0. The van der Waals surface area contributed by atoms with Gasteiger partial charge in [-0.05, 0) is 74.1 Å². The Morgan fingerprint density at radius 3 is 2.35 bits per heavy atom. The molecule has 1 saturated carbocycles. The smallest absolute Gasteiger partial charge is 0.343 e. The molecule has 0 N–H and O–H groups in total. The molecule has 34 heavy (non-hydrogen) atoms. The van der Waals surface area contributed by atoms with Crippen LogP contribution in [0.15, 0.2) is 55.1 Å². The molecule has 180 valence electrons. The van der Waals surface area contributed by atoms with E-state index in [0.717, 1.165) is 25.7 Å². The third-order valence-corrected chi connectivity index (χ3v) is 6.13. The van der Waals surface area contributed by atoms with Crippen molar-refractivity contribution in [3.63, 3.8) is 0 Å². The van der Waals surface area contributed by atoms with Crippen LogP contribution in [-0.4, -0.2) is 24.8 Å². The molecule has 0 saturated heterocycles. The van der Waals surface area contributed by atoms with Crippen LogP contribution in [0.1, 0.15) is 72.6 Å². The van der Waals surface area contributed by atoms with Gasteiger partial charge in [-0.1, -0.05) is 38.8 Å². The number of ether oxygens (including phenoxy) is 3. The van der Waals surface area contributed by atoms with Crippen molar-refractivity contribution in [2.45, 2.75) is 51.9 Å². The van der Waals surface area contributed by atoms with Crippen molar-refractivity contribution in [3.05, 3.63) is 66.2 Å². The Bertz CT molecular complexity index is 986. The van der Waals surface area contributed by atoms with Crippen LogP contribution >= 0.6 is 0 Å². The van der Waals surface area contributed by atoms with E-state index in [9.17, 15) is 14.4 Å². The maximum atomic E-state index is 12.6. The average molecular weight is 465 g/mol. The van der Waals surface area contributed by atoms with Gasteiger partial charge >= 0.3 is 11.9 Å². The molecule has 0 atom stereocenters. The van der Waals surface area contributed by atoms with Gasteiger partial charge in [-0.3, -0.25) is 9.59 Å². The zero-order valence-electron chi connectivity index (χ0n) is 19.7. The van der Waals surface area contributed by atoms with Gasteiger partial charge in [-0.15, -0.1) is 0 Å². The Kier molecular flexibility index (Phi) is 9.44. The molecule has 3 rings (SSSR count). The summed E-state index contributed by atoms with van der Waals surface area (Å²) in [4.78, 5) is 36.7. The van der Waals surface area contributed by atoms with Gasteiger partial charge in [0.2, 0.25) is 0 Å². The lowest BCUT2D eigenvalue weighted by Crippen LogP contribution is -2.25. The number of benzene rings is 2. The van der Waals surface area contributed by atoms with Gasteiger partial charge < -0.3 is 14.2 Å². The molecule has 6 heteroatoms. The molecule has 1 aliphatic rings. The third-order valence-electron chi connectivity index (χ3n) is 6.13. The highest BCUT2D eigenvalue weighted by atomic mass is 16.5. The summed E-state index contributed by atoms with van der Waals surface area (Å²) in [6.45, 7) is 6.15. The lowest BCUT2D eigenvalue weighted by atomic mass is 9.80. The van der Waals surface area contributed by atoms with Crippen molar-refractivity contribution in [1.82, 2.24) is 0 Å². The van der Waals surface area contributed by atoms with Gasteiger partial charge in [0.15, 0.2) is 6.29 Å². The molecule has 0 bridgehead atoms. The molecule has 0 unspecified atom stereocenters. The highest BCUT2D eigenvalue weighted by Crippen LogP contribution is 2.33. The molecule has 6 nitrogen and oxygen atoms in total. The molecule has 1 fully saturated rings. The number of rotatable bonds is 11. The lowest BCUT2D eigenvalue weighted by molar-refractivity contribution is -0.140. The highest BCUT2D eigenvalue weighted by Gasteiger charge is 2.27. The molecule has 2 aromatic rings. The Labute approximate surface area is 200 Å². The SMILES string of the molecule is C=CCOc1ccc(C(=O)Oc2ccc(OC(=O)C3CCC(CCCC)CC3)cc2C=O)cc1. The Hall–Kier alpha value is -3.41. The van der Waals surface area contributed by atoms with Crippen molar-refractivity contribution in [1.29, 1.82) is 0 Å². The first-order chi connectivity index (χ1) is 16.5. The van der Waals surface area contributed by atoms with Crippen molar-refractivity contribution >= 4 is 18.2 Å². The maximum absolute atomic E-state index is 12.6. The second-order valence-electron chi connectivity index (χ2n) is 8.61. The van der Waals surface area contributed by atoms with E-state index in [1.807, 2.05) is 0 Å². The number of unbranched alkanes of at least 4 members (excludes halogenated alkanes) is 1. The van der Waals surface area contributed by atoms with E-state index in [1.54, 1.807) is 30.3 Å². The molecule has 0 amide bonds. The summed E-state index contributed by atoms with van der Waals surface area (Å²) < 4.78 is 16.3. The van der Waals surface area contributed by atoms with E-state index in [0.29, 0.717) is 30.1 Å². The predicted octanol–water partition coefficient (Wildman–Crippen LogP) is 6.19. The van der Waals surface area contributed by atoms with Crippen LogP contribution in [0.25, 0.3) is 0 Å². The van der Waals surface area contributed by atoms with Crippen LogP contribution in [-0.2, 0) is 4.79 Å². The minimum Gasteiger partial charge on any atom is -0.490 e. The Morgan fingerprint density at radius 2 is 1.71 bits per heavy atom. The zero-order chi connectivity index (χ0) is 24.3. The predicted molar refractivity (Wildman–Crippen MR) is 130 cm³/mol. The van der Waals surface area contributed by atoms with E-state index in [4.69, 9.17) is 14.2 Å². The van der Waals surface area contributed by atoms with Gasteiger partial charge in [0.05, 0.1) is 17.0 Å². The molecule has 1 aliphatic carbocycles. The van der Waals surface area contributed by atoms with E-state index in [2.05, 4.69) is 13.5 Å². The minimum atomic E-state index is -0.608. The number of hydrogen-bond acceptors (Lipinski definition) is 6. The highest BCUT2D eigenvalue weighted by molar-refractivity contribution is 5.93. The minimum absolute atomic E-state index is 0.100. The molecule has 0 spiro atoms. The van der Waals surface area contributed by atoms with Crippen LogP contribution in [0.4, 0.5) is 0 Å². The molecule has 0 heterocycles. The Morgan fingerprint density at radius 1 is 1.00 bits per heavy atom.